The van der Waals surface area contributed by atoms with E-state index in [1.165, 1.54) is 0 Å². The number of hydrogen-bond donors (Lipinski definition) is 2. The van der Waals surface area contributed by atoms with Gasteiger partial charge in [-0.1, -0.05) is 0 Å². The van der Waals surface area contributed by atoms with Crippen LogP contribution in [0.3, 0.4) is 0 Å². The van der Waals surface area contributed by atoms with Gasteiger partial charge in [0.05, 0.1) is 0 Å². The van der Waals surface area contributed by atoms with Gasteiger partial charge in [0.2, 0.25) is 0 Å². The minimum absolute atomic E-state index is 0.0651. The summed E-state index contributed by atoms with van der Waals surface area (Å²) in [6.45, 7) is 11.9. The molecule has 1 aliphatic rings. The summed E-state index contributed by atoms with van der Waals surface area (Å²) in [5.74, 6) is 0. The number of hydrogen-bond acceptors (Lipinski definition) is 3. The van der Waals surface area contributed by atoms with E-state index < -0.39 is 0 Å². The average Bonchev–Trinajstić information content (AvgIpc) is 2.37. The third-order valence-electron chi connectivity index (χ3n) is 3.19. The number of urea groups is 1. The molecule has 0 atom stereocenters. The van der Waals surface area contributed by atoms with Crippen molar-refractivity contribution in [2.75, 3.05) is 52.4 Å². The first-order valence-electron chi connectivity index (χ1n) is 6.73. The first-order chi connectivity index (χ1) is 8.27. The van der Waals surface area contributed by atoms with E-state index in [2.05, 4.69) is 15.5 Å². The number of nitrogens with zero attached hydrogens (tertiary/aromatic N) is 2. The maximum Gasteiger partial charge on any atom is 0.317 e. The standard InChI is InChI=1S/C12H26N4O/c1-3-16(4-2)12(17)14-6-5-9-15-10-7-13-8-11-15/h13H,3-11H2,1-2H3,(H,14,17). The molecule has 0 bridgehead atoms. The van der Waals surface area contributed by atoms with Crippen LogP contribution in [0.5, 0.6) is 0 Å². The highest BCUT2D eigenvalue weighted by Crippen LogP contribution is 1.94. The molecule has 0 unspecified atom stereocenters. The zero-order chi connectivity index (χ0) is 12.5. The molecule has 1 saturated heterocycles. The maximum atomic E-state index is 11.6. The summed E-state index contributed by atoms with van der Waals surface area (Å²) in [6, 6.07) is 0.0651. The summed E-state index contributed by atoms with van der Waals surface area (Å²) in [6.07, 6.45) is 1.03. The van der Waals surface area contributed by atoms with Gasteiger partial charge in [-0.05, 0) is 26.8 Å². The van der Waals surface area contributed by atoms with Gasteiger partial charge >= 0.3 is 6.03 Å². The predicted molar refractivity (Wildman–Crippen MR) is 70.2 cm³/mol. The monoisotopic (exact) mass is 242 g/mol. The van der Waals surface area contributed by atoms with Crippen LogP contribution in [0.25, 0.3) is 0 Å². The molecule has 5 nitrogen and oxygen atoms in total. The lowest BCUT2D eigenvalue weighted by Crippen LogP contribution is -2.45. The predicted octanol–water partition coefficient (Wildman–Crippen LogP) is 0.333. The Balaban J connectivity index is 2.04. The molecular formula is C12H26N4O. The number of nitrogens with one attached hydrogen (secondary N) is 2. The molecule has 0 aromatic heterocycles. The highest BCUT2D eigenvalue weighted by Gasteiger charge is 2.10. The van der Waals surface area contributed by atoms with Gasteiger partial charge in [0.15, 0.2) is 0 Å². The number of carbonyl (C=O) groups is 1. The van der Waals surface area contributed by atoms with Crippen molar-refractivity contribution >= 4 is 6.03 Å². The fraction of sp³-hybridized carbons (Fsp3) is 0.917. The van der Waals surface area contributed by atoms with E-state index in [0.717, 1.165) is 58.8 Å². The van der Waals surface area contributed by atoms with Gasteiger partial charge in [-0.25, -0.2) is 4.79 Å². The third-order valence-corrected chi connectivity index (χ3v) is 3.19. The van der Waals surface area contributed by atoms with E-state index in [4.69, 9.17) is 0 Å². The Bertz CT molecular complexity index is 213. The van der Waals surface area contributed by atoms with Crippen LogP contribution in [0.2, 0.25) is 0 Å². The minimum atomic E-state index is 0.0651. The summed E-state index contributed by atoms with van der Waals surface area (Å²) in [4.78, 5) is 15.9. The van der Waals surface area contributed by atoms with Crippen molar-refractivity contribution in [3.8, 4) is 0 Å². The SMILES string of the molecule is CCN(CC)C(=O)NCCCN1CCNCC1. The molecule has 0 aliphatic carbocycles. The second-order valence-corrected chi connectivity index (χ2v) is 4.35. The largest absolute Gasteiger partial charge is 0.338 e. The molecule has 17 heavy (non-hydrogen) atoms. The Hall–Kier alpha value is -0.810. The molecule has 0 aromatic rings. The smallest absolute Gasteiger partial charge is 0.317 e. The normalized spacial score (nSPS) is 16.8. The zero-order valence-electron chi connectivity index (χ0n) is 11.2. The fourth-order valence-corrected chi connectivity index (χ4v) is 2.06. The molecule has 0 spiro atoms. The Labute approximate surface area is 105 Å². The first kappa shape index (κ1) is 14.3. The number of amides is 2. The first-order valence-corrected chi connectivity index (χ1v) is 6.73. The number of rotatable bonds is 6. The highest BCUT2D eigenvalue weighted by atomic mass is 16.2. The van der Waals surface area contributed by atoms with E-state index >= 15 is 0 Å². The molecule has 0 saturated carbocycles. The number of piperazine rings is 1. The molecule has 1 aliphatic heterocycles. The minimum Gasteiger partial charge on any atom is -0.338 e. The second-order valence-electron chi connectivity index (χ2n) is 4.35. The molecule has 2 amide bonds. The molecule has 5 heteroatoms. The van der Waals surface area contributed by atoms with Crippen molar-refractivity contribution in [1.29, 1.82) is 0 Å². The van der Waals surface area contributed by atoms with Gasteiger partial charge < -0.3 is 20.4 Å². The van der Waals surface area contributed by atoms with Gasteiger partial charge in [0.25, 0.3) is 0 Å². The van der Waals surface area contributed by atoms with Crippen LogP contribution in [-0.2, 0) is 0 Å². The van der Waals surface area contributed by atoms with Crippen molar-refractivity contribution in [2.45, 2.75) is 20.3 Å². The molecule has 1 fully saturated rings. The number of carbonyl (C=O) groups excluding carboxylic acids is 1. The van der Waals surface area contributed by atoms with Crippen molar-refractivity contribution in [3.63, 3.8) is 0 Å². The maximum absolute atomic E-state index is 11.6. The lowest BCUT2D eigenvalue weighted by Gasteiger charge is -2.27. The van der Waals surface area contributed by atoms with Crippen LogP contribution < -0.4 is 10.6 Å². The molecular weight excluding hydrogens is 216 g/mol. The molecule has 0 aromatic carbocycles. The van der Waals surface area contributed by atoms with Crippen molar-refractivity contribution in [2.24, 2.45) is 0 Å². The van der Waals surface area contributed by atoms with Gasteiger partial charge in [-0.2, -0.15) is 0 Å². The Kier molecular flexibility index (Phi) is 6.96. The zero-order valence-corrected chi connectivity index (χ0v) is 11.2. The molecule has 2 N–H and O–H groups in total. The average molecular weight is 242 g/mol. The van der Waals surface area contributed by atoms with Crippen LogP contribution in [0, 0.1) is 0 Å². The summed E-state index contributed by atoms with van der Waals surface area (Å²) in [5.41, 5.74) is 0. The Morgan fingerprint density at radius 1 is 1.29 bits per heavy atom. The third kappa shape index (κ3) is 5.37. The molecule has 100 valence electrons. The highest BCUT2D eigenvalue weighted by molar-refractivity contribution is 5.73. The second kappa shape index (κ2) is 8.31. The van der Waals surface area contributed by atoms with E-state index in [0.29, 0.717) is 0 Å². The van der Waals surface area contributed by atoms with E-state index in [9.17, 15) is 4.79 Å². The van der Waals surface area contributed by atoms with Crippen molar-refractivity contribution in [1.82, 2.24) is 20.4 Å². The summed E-state index contributed by atoms with van der Waals surface area (Å²) in [7, 11) is 0. The van der Waals surface area contributed by atoms with Gasteiger partial charge in [0, 0.05) is 45.8 Å². The van der Waals surface area contributed by atoms with Crippen molar-refractivity contribution < 1.29 is 4.79 Å². The van der Waals surface area contributed by atoms with Crippen LogP contribution in [0.1, 0.15) is 20.3 Å². The quantitative estimate of drug-likeness (QED) is 0.660. The van der Waals surface area contributed by atoms with Crippen LogP contribution >= 0.6 is 0 Å². The Morgan fingerprint density at radius 2 is 1.94 bits per heavy atom. The Morgan fingerprint density at radius 3 is 2.53 bits per heavy atom. The molecule has 1 rings (SSSR count). The van der Waals surface area contributed by atoms with Gasteiger partial charge in [-0.3, -0.25) is 0 Å². The molecule has 1 heterocycles. The fourth-order valence-electron chi connectivity index (χ4n) is 2.06. The topological polar surface area (TPSA) is 47.6 Å². The van der Waals surface area contributed by atoms with E-state index in [1.54, 1.807) is 0 Å². The van der Waals surface area contributed by atoms with Gasteiger partial charge in [-0.15, -0.1) is 0 Å². The van der Waals surface area contributed by atoms with E-state index in [-0.39, 0.29) is 6.03 Å². The van der Waals surface area contributed by atoms with Crippen LogP contribution in [0.15, 0.2) is 0 Å². The summed E-state index contributed by atoms with van der Waals surface area (Å²) in [5, 5.41) is 6.30. The van der Waals surface area contributed by atoms with Crippen LogP contribution in [-0.4, -0.2) is 68.2 Å². The molecule has 0 radical (unpaired) electrons. The van der Waals surface area contributed by atoms with Crippen LogP contribution in [0.4, 0.5) is 4.79 Å². The van der Waals surface area contributed by atoms with Crippen molar-refractivity contribution in [3.05, 3.63) is 0 Å². The van der Waals surface area contributed by atoms with E-state index in [1.807, 2.05) is 18.7 Å². The lowest BCUT2D eigenvalue weighted by molar-refractivity contribution is 0.200. The van der Waals surface area contributed by atoms with Gasteiger partial charge in [0.1, 0.15) is 0 Å². The summed E-state index contributed by atoms with van der Waals surface area (Å²) < 4.78 is 0. The lowest BCUT2D eigenvalue weighted by atomic mass is 10.3. The summed E-state index contributed by atoms with van der Waals surface area (Å²) >= 11 is 0.